The molecule has 0 fully saturated rings. The van der Waals surface area contributed by atoms with E-state index in [0.717, 1.165) is 32.5 Å². The van der Waals surface area contributed by atoms with Gasteiger partial charge in [-0.05, 0) is 32.9 Å². The summed E-state index contributed by atoms with van der Waals surface area (Å²) in [6.45, 7) is 9.04. The Morgan fingerprint density at radius 3 is 2.00 bits per heavy atom. The lowest BCUT2D eigenvalue weighted by atomic mass is 10.2. The van der Waals surface area contributed by atoms with Crippen LogP contribution in [0.1, 0.15) is 33.6 Å². The summed E-state index contributed by atoms with van der Waals surface area (Å²) in [5.74, 6) is 0. The fourth-order valence-corrected chi connectivity index (χ4v) is 1.38. The monoisotopic (exact) mass is 188 g/mol. The van der Waals surface area contributed by atoms with E-state index in [-0.39, 0.29) is 6.04 Å². The van der Waals surface area contributed by atoms with Gasteiger partial charge >= 0.3 is 0 Å². The Morgan fingerprint density at radius 1 is 1.23 bits per heavy atom. The standard InChI is InChI=1S/C10H24N2O/c1-4-6-12(7-5-2)8-10(11)9(3)13/h9-10,13H,4-8,11H2,1-3H3. The smallest absolute Gasteiger partial charge is 0.0675 e. The van der Waals surface area contributed by atoms with E-state index >= 15 is 0 Å². The molecule has 0 saturated carbocycles. The van der Waals surface area contributed by atoms with E-state index in [1.54, 1.807) is 6.92 Å². The predicted octanol–water partition coefficient (Wildman–Crippen LogP) is 0.817. The minimum atomic E-state index is -0.406. The van der Waals surface area contributed by atoms with Gasteiger partial charge in [-0.1, -0.05) is 13.8 Å². The van der Waals surface area contributed by atoms with Crippen LogP contribution in [-0.2, 0) is 0 Å². The van der Waals surface area contributed by atoms with Crippen molar-refractivity contribution in [2.75, 3.05) is 19.6 Å². The second kappa shape index (κ2) is 7.30. The highest BCUT2D eigenvalue weighted by Crippen LogP contribution is 1.98. The molecule has 80 valence electrons. The zero-order chi connectivity index (χ0) is 10.3. The fourth-order valence-electron chi connectivity index (χ4n) is 1.38. The van der Waals surface area contributed by atoms with Gasteiger partial charge in [0.15, 0.2) is 0 Å². The van der Waals surface area contributed by atoms with Crippen LogP contribution in [0.15, 0.2) is 0 Å². The van der Waals surface area contributed by atoms with Gasteiger partial charge in [-0.15, -0.1) is 0 Å². The molecule has 0 heterocycles. The summed E-state index contributed by atoms with van der Waals surface area (Å²) in [5, 5.41) is 9.25. The van der Waals surface area contributed by atoms with Crippen LogP contribution in [0.4, 0.5) is 0 Å². The molecule has 0 spiro atoms. The van der Waals surface area contributed by atoms with Gasteiger partial charge in [-0.3, -0.25) is 0 Å². The molecule has 0 aromatic carbocycles. The van der Waals surface area contributed by atoms with E-state index < -0.39 is 6.10 Å². The Labute approximate surface area is 81.9 Å². The maximum absolute atomic E-state index is 9.25. The maximum Gasteiger partial charge on any atom is 0.0675 e. The molecule has 0 aromatic rings. The Kier molecular flexibility index (Phi) is 7.23. The van der Waals surface area contributed by atoms with Gasteiger partial charge in [0.05, 0.1) is 6.10 Å². The third kappa shape index (κ3) is 6.02. The number of aliphatic hydroxyl groups excluding tert-OH is 1. The molecule has 3 N–H and O–H groups in total. The number of nitrogens with two attached hydrogens (primary N) is 1. The molecular formula is C10H24N2O. The van der Waals surface area contributed by atoms with Gasteiger partial charge in [0.25, 0.3) is 0 Å². The summed E-state index contributed by atoms with van der Waals surface area (Å²) >= 11 is 0. The van der Waals surface area contributed by atoms with Gasteiger partial charge in [-0.2, -0.15) is 0 Å². The minimum Gasteiger partial charge on any atom is -0.392 e. The summed E-state index contributed by atoms with van der Waals surface area (Å²) < 4.78 is 0. The van der Waals surface area contributed by atoms with Crippen LogP contribution in [0.5, 0.6) is 0 Å². The third-order valence-electron chi connectivity index (χ3n) is 2.17. The third-order valence-corrected chi connectivity index (χ3v) is 2.17. The zero-order valence-corrected chi connectivity index (χ0v) is 9.16. The molecule has 13 heavy (non-hydrogen) atoms. The van der Waals surface area contributed by atoms with Crippen molar-refractivity contribution < 1.29 is 5.11 Å². The molecule has 3 nitrogen and oxygen atoms in total. The number of aliphatic hydroxyl groups is 1. The van der Waals surface area contributed by atoms with Gasteiger partial charge in [0, 0.05) is 12.6 Å². The Morgan fingerprint density at radius 2 is 1.69 bits per heavy atom. The van der Waals surface area contributed by atoms with Crippen LogP contribution in [0.2, 0.25) is 0 Å². The number of rotatable bonds is 7. The quantitative estimate of drug-likeness (QED) is 0.622. The SMILES string of the molecule is CCCN(CCC)CC(N)C(C)O. The molecule has 0 amide bonds. The van der Waals surface area contributed by atoms with Crippen molar-refractivity contribution >= 4 is 0 Å². The van der Waals surface area contributed by atoms with Gasteiger partial charge < -0.3 is 15.7 Å². The lowest BCUT2D eigenvalue weighted by Crippen LogP contribution is -2.44. The molecule has 0 saturated heterocycles. The topological polar surface area (TPSA) is 49.5 Å². The van der Waals surface area contributed by atoms with E-state index in [2.05, 4.69) is 18.7 Å². The molecule has 3 heteroatoms. The highest BCUT2D eigenvalue weighted by molar-refractivity contribution is 4.72. The summed E-state index contributed by atoms with van der Waals surface area (Å²) in [6.07, 6.45) is 1.88. The van der Waals surface area contributed by atoms with E-state index in [9.17, 15) is 5.11 Å². The number of hydrogen-bond acceptors (Lipinski definition) is 3. The molecule has 0 rings (SSSR count). The molecule has 2 atom stereocenters. The Hall–Kier alpha value is -0.120. The van der Waals surface area contributed by atoms with Crippen molar-refractivity contribution in [2.45, 2.75) is 45.8 Å². The molecule has 0 radical (unpaired) electrons. The van der Waals surface area contributed by atoms with Crippen LogP contribution in [-0.4, -0.2) is 41.8 Å². The van der Waals surface area contributed by atoms with Crippen LogP contribution >= 0.6 is 0 Å². The first-order valence-corrected chi connectivity index (χ1v) is 5.27. The zero-order valence-electron chi connectivity index (χ0n) is 9.16. The van der Waals surface area contributed by atoms with E-state index in [4.69, 9.17) is 5.73 Å². The largest absolute Gasteiger partial charge is 0.392 e. The maximum atomic E-state index is 9.25. The van der Waals surface area contributed by atoms with E-state index in [1.807, 2.05) is 0 Å². The van der Waals surface area contributed by atoms with Gasteiger partial charge in [-0.25, -0.2) is 0 Å². The first kappa shape index (κ1) is 12.9. The second-order valence-corrected chi connectivity index (χ2v) is 3.71. The number of hydrogen-bond donors (Lipinski definition) is 2. The van der Waals surface area contributed by atoms with Crippen molar-refractivity contribution in [3.63, 3.8) is 0 Å². The second-order valence-electron chi connectivity index (χ2n) is 3.71. The molecule has 0 aliphatic rings. The fraction of sp³-hybridized carbons (Fsp3) is 1.00. The van der Waals surface area contributed by atoms with Crippen molar-refractivity contribution in [3.05, 3.63) is 0 Å². The molecule has 2 unspecified atom stereocenters. The lowest BCUT2D eigenvalue weighted by Gasteiger charge is -2.25. The summed E-state index contributed by atoms with van der Waals surface area (Å²) in [7, 11) is 0. The number of nitrogens with zero attached hydrogens (tertiary/aromatic N) is 1. The Bertz CT molecular complexity index is 111. The van der Waals surface area contributed by atoms with Crippen molar-refractivity contribution in [3.8, 4) is 0 Å². The average Bonchev–Trinajstić information content (AvgIpc) is 2.05. The van der Waals surface area contributed by atoms with Crippen LogP contribution in [0.25, 0.3) is 0 Å². The van der Waals surface area contributed by atoms with Crippen molar-refractivity contribution in [1.82, 2.24) is 4.90 Å². The first-order chi connectivity index (χ1) is 6.11. The molecule has 0 aromatic heterocycles. The van der Waals surface area contributed by atoms with Crippen LogP contribution in [0.3, 0.4) is 0 Å². The summed E-state index contributed by atoms with van der Waals surface area (Å²) in [4.78, 5) is 2.32. The van der Waals surface area contributed by atoms with Gasteiger partial charge in [0.2, 0.25) is 0 Å². The summed E-state index contributed by atoms with van der Waals surface area (Å²) in [6, 6.07) is -0.113. The van der Waals surface area contributed by atoms with Crippen molar-refractivity contribution in [1.29, 1.82) is 0 Å². The van der Waals surface area contributed by atoms with Crippen LogP contribution < -0.4 is 5.73 Å². The highest BCUT2D eigenvalue weighted by atomic mass is 16.3. The highest BCUT2D eigenvalue weighted by Gasteiger charge is 2.13. The average molecular weight is 188 g/mol. The molecule has 0 aliphatic heterocycles. The Balaban J connectivity index is 3.78. The predicted molar refractivity (Wildman–Crippen MR) is 56.7 cm³/mol. The summed E-state index contributed by atoms with van der Waals surface area (Å²) in [5.41, 5.74) is 5.79. The van der Waals surface area contributed by atoms with E-state index in [1.165, 1.54) is 0 Å². The molecule has 0 bridgehead atoms. The molecular weight excluding hydrogens is 164 g/mol. The van der Waals surface area contributed by atoms with E-state index in [0.29, 0.717) is 0 Å². The first-order valence-electron chi connectivity index (χ1n) is 5.27. The molecule has 0 aliphatic carbocycles. The van der Waals surface area contributed by atoms with Crippen LogP contribution in [0, 0.1) is 0 Å². The normalized spacial score (nSPS) is 16.2. The van der Waals surface area contributed by atoms with Crippen molar-refractivity contribution in [2.24, 2.45) is 5.73 Å². The lowest BCUT2D eigenvalue weighted by molar-refractivity contribution is 0.132. The van der Waals surface area contributed by atoms with Gasteiger partial charge in [0.1, 0.15) is 0 Å². The minimum absolute atomic E-state index is 0.113.